The predicted octanol–water partition coefficient (Wildman–Crippen LogP) is 1.81. The molecule has 2 N–H and O–H groups in total. The lowest BCUT2D eigenvalue weighted by Gasteiger charge is -2.14. The van der Waals surface area contributed by atoms with Crippen molar-refractivity contribution in [2.24, 2.45) is 0 Å². The van der Waals surface area contributed by atoms with Gasteiger partial charge in [0.05, 0.1) is 11.4 Å². The van der Waals surface area contributed by atoms with Crippen LogP contribution in [0.3, 0.4) is 0 Å². The summed E-state index contributed by atoms with van der Waals surface area (Å²) < 4.78 is 18.6. The molecule has 16 nitrogen and oxygen atoms in total. The van der Waals surface area contributed by atoms with Crippen LogP contribution in [0.4, 0.5) is 21.0 Å². The van der Waals surface area contributed by atoms with Crippen LogP contribution in [-0.4, -0.2) is 75.4 Å². The molecule has 4 rings (SSSR count). The highest BCUT2D eigenvalue weighted by Crippen LogP contribution is 2.22. The summed E-state index contributed by atoms with van der Waals surface area (Å²) in [7, 11) is 2.79. The van der Waals surface area contributed by atoms with Crippen molar-refractivity contribution in [1.29, 1.82) is 0 Å². The van der Waals surface area contributed by atoms with Crippen LogP contribution in [0, 0.1) is 0 Å². The van der Waals surface area contributed by atoms with Gasteiger partial charge in [-0.15, -0.1) is 0 Å². The molecule has 16 heteroatoms. The molecule has 0 unspecified atom stereocenters. The average Bonchev–Trinajstić information content (AvgIpc) is 3.61. The predicted molar refractivity (Wildman–Crippen MR) is 166 cm³/mol. The van der Waals surface area contributed by atoms with E-state index < -0.39 is 49.5 Å². The number of benzene rings is 2. The molecule has 0 aromatic heterocycles. The highest BCUT2D eigenvalue weighted by atomic mass is 16.7. The molecule has 0 saturated heterocycles. The molecule has 0 radical (unpaired) electrons. The molecule has 2 aliphatic heterocycles. The number of amides is 6. The molecular formula is C32H32N4O12. The topological polar surface area (TPSA) is 204 Å². The van der Waals surface area contributed by atoms with Gasteiger partial charge >= 0.3 is 24.1 Å². The lowest BCUT2D eigenvalue weighted by molar-refractivity contribution is -0.152. The summed E-state index contributed by atoms with van der Waals surface area (Å²) in [6, 6.07) is 13.5. The Balaban J connectivity index is 0.000000260. The number of aryl methyl sites for hydroxylation is 2. The SMILES string of the molecule is CNC(=O)OCOC(=O)CCc1ccc(N2C(=O)C=CC2=O)cc1.CNC(=O)OCOC(=O)CCc1cccc(N2C(=O)C=CC2=O)c1. The minimum atomic E-state index is -0.691. The number of esters is 2. The number of alkyl carbamates (subject to hydrolysis) is 2. The molecule has 0 spiro atoms. The average molecular weight is 665 g/mol. The molecule has 2 aromatic rings. The maximum Gasteiger partial charge on any atom is 0.409 e. The third-order valence-corrected chi connectivity index (χ3v) is 6.45. The highest BCUT2D eigenvalue weighted by Gasteiger charge is 2.26. The van der Waals surface area contributed by atoms with Gasteiger partial charge < -0.3 is 29.6 Å². The Morgan fingerprint density at radius 2 is 1.00 bits per heavy atom. The van der Waals surface area contributed by atoms with Crippen molar-refractivity contribution in [3.8, 4) is 0 Å². The second-order valence-electron chi connectivity index (χ2n) is 9.66. The molecule has 2 heterocycles. The number of nitrogens with one attached hydrogen (secondary N) is 2. The first kappa shape index (κ1) is 36.2. The zero-order valence-electron chi connectivity index (χ0n) is 26.0. The fourth-order valence-corrected chi connectivity index (χ4v) is 4.05. The summed E-state index contributed by atoms with van der Waals surface area (Å²) in [5, 5.41) is 4.44. The number of imide groups is 2. The number of hydrogen-bond acceptors (Lipinski definition) is 12. The van der Waals surface area contributed by atoms with Crippen LogP contribution in [0.2, 0.25) is 0 Å². The van der Waals surface area contributed by atoms with Crippen molar-refractivity contribution in [2.75, 3.05) is 37.5 Å². The van der Waals surface area contributed by atoms with Gasteiger partial charge in [0.1, 0.15) is 0 Å². The van der Waals surface area contributed by atoms with E-state index in [4.69, 9.17) is 9.47 Å². The Morgan fingerprint density at radius 1 is 0.562 bits per heavy atom. The van der Waals surface area contributed by atoms with Crippen molar-refractivity contribution in [2.45, 2.75) is 25.7 Å². The minimum Gasteiger partial charge on any atom is -0.428 e. The van der Waals surface area contributed by atoms with E-state index in [1.165, 1.54) is 38.4 Å². The largest absolute Gasteiger partial charge is 0.428 e. The van der Waals surface area contributed by atoms with Crippen molar-refractivity contribution in [3.05, 3.63) is 84.0 Å². The number of nitrogens with zero attached hydrogens (tertiary/aromatic N) is 2. The van der Waals surface area contributed by atoms with Gasteiger partial charge in [-0.05, 0) is 48.2 Å². The van der Waals surface area contributed by atoms with Gasteiger partial charge in [0, 0.05) is 51.2 Å². The number of anilines is 2. The molecule has 0 aliphatic carbocycles. The van der Waals surface area contributed by atoms with Crippen molar-refractivity contribution in [1.82, 2.24) is 10.6 Å². The zero-order chi connectivity index (χ0) is 35.1. The summed E-state index contributed by atoms with van der Waals surface area (Å²) in [6.07, 6.45) is 4.43. The number of ether oxygens (including phenoxy) is 4. The number of hydrogen-bond donors (Lipinski definition) is 2. The van der Waals surface area contributed by atoms with Crippen LogP contribution in [0.25, 0.3) is 0 Å². The molecule has 0 bridgehead atoms. The molecule has 0 fully saturated rings. The number of rotatable bonds is 12. The zero-order valence-corrected chi connectivity index (χ0v) is 26.0. The Morgan fingerprint density at radius 3 is 1.46 bits per heavy atom. The van der Waals surface area contributed by atoms with Gasteiger partial charge in [-0.2, -0.15) is 0 Å². The Kier molecular flexibility index (Phi) is 13.5. The molecular weight excluding hydrogens is 632 g/mol. The number of carbonyl (C=O) groups is 8. The van der Waals surface area contributed by atoms with Crippen molar-refractivity contribution in [3.63, 3.8) is 0 Å². The summed E-state index contributed by atoms with van der Waals surface area (Å²) in [5.74, 6) is -2.60. The van der Waals surface area contributed by atoms with E-state index in [1.807, 2.05) is 0 Å². The second kappa shape index (κ2) is 18.0. The van der Waals surface area contributed by atoms with E-state index in [-0.39, 0.29) is 24.7 Å². The third-order valence-electron chi connectivity index (χ3n) is 6.45. The summed E-state index contributed by atoms with van der Waals surface area (Å²) in [4.78, 5) is 93.2. The van der Waals surface area contributed by atoms with Gasteiger partial charge in [-0.3, -0.25) is 28.8 Å². The Labute approximate surface area is 274 Å². The maximum atomic E-state index is 11.7. The lowest BCUT2D eigenvalue weighted by atomic mass is 10.1. The standard InChI is InChI=1S/2C16H16N2O6/c1-17-16(22)24-10-23-15(21)9-4-11-2-5-12(6-3-11)18-13(19)7-8-14(18)20;1-17-16(22)24-10-23-15(21)8-5-11-3-2-4-12(9-11)18-13(19)6-7-14(18)20/h2-3,5-8H,4,9-10H2,1H3,(H,17,22);2-4,6-7,9H,5,8,10H2,1H3,(H,17,22). The molecule has 252 valence electrons. The first-order valence-corrected chi connectivity index (χ1v) is 14.3. The van der Waals surface area contributed by atoms with Gasteiger partial charge in [-0.1, -0.05) is 24.3 Å². The fourth-order valence-electron chi connectivity index (χ4n) is 4.05. The molecule has 2 aliphatic rings. The summed E-state index contributed by atoms with van der Waals surface area (Å²) in [5.41, 5.74) is 2.53. The van der Waals surface area contributed by atoms with E-state index in [0.29, 0.717) is 24.2 Å². The van der Waals surface area contributed by atoms with Gasteiger partial charge in [0.15, 0.2) is 0 Å². The normalized spacial score (nSPS) is 13.1. The van der Waals surface area contributed by atoms with E-state index >= 15 is 0 Å². The van der Waals surface area contributed by atoms with Crippen molar-refractivity contribution < 1.29 is 57.3 Å². The lowest BCUT2D eigenvalue weighted by Crippen LogP contribution is -2.29. The fraction of sp³-hybridized carbons (Fsp3) is 0.250. The van der Waals surface area contributed by atoms with Crippen LogP contribution in [0.15, 0.2) is 72.8 Å². The molecule has 2 aromatic carbocycles. The Hall–Kier alpha value is -6.32. The summed E-state index contributed by atoms with van der Waals surface area (Å²) in [6.45, 7) is -0.898. The second-order valence-corrected chi connectivity index (χ2v) is 9.66. The third kappa shape index (κ3) is 10.9. The smallest absolute Gasteiger partial charge is 0.409 e. The van der Waals surface area contributed by atoms with Gasteiger partial charge in [0.25, 0.3) is 23.6 Å². The first-order chi connectivity index (χ1) is 23.0. The van der Waals surface area contributed by atoms with E-state index in [0.717, 1.165) is 20.9 Å². The van der Waals surface area contributed by atoms with Crippen molar-refractivity contribution >= 4 is 59.1 Å². The van der Waals surface area contributed by atoms with Crippen LogP contribution in [0.5, 0.6) is 0 Å². The molecule has 6 amide bonds. The number of carbonyl (C=O) groups excluding carboxylic acids is 8. The van der Waals surface area contributed by atoms with E-state index in [2.05, 4.69) is 20.1 Å². The highest BCUT2D eigenvalue weighted by molar-refractivity contribution is 6.28. The van der Waals surface area contributed by atoms with E-state index in [9.17, 15) is 38.4 Å². The molecule has 0 atom stereocenters. The quantitative estimate of drug-likeness (QED) is 0.189. The summed E-state index contributed by atoms with van der Waals surface area (Å²) >= 11 is 0. The van der Waals surface area contributed by atoms with Crippen LogP contribution in [-0.2, 0) is 60.6 Å². The van der Waals surface area contributed by atoms with E-state index in [1.54, 1.807) is 48.5 Å². The molecule has 0 saturated carbocycles. The monoisotopic (exact) mass is 664 g/mol. The van der Waals surface area contributed by atoms with Gasteiger partial charge in [-0.25, -0.2) is 19.4 Å². The first-order valence-electron chi connectivity index (χ1n) is 14.3. The minimum absolute atomic E-state index is 0.0701. The van der Waals surface area contributed by atoms with Crippen LogP contribution < -0.4 is 20.4 Å². The maximum absolute atomic E-state index is 11.7. The van der Waals surface area contributed by atoms with Gasteiger partial charge in [0.2, 0.25) is 13.6 Å². The van der Waals surface area contributed by atoms with Crippen LogP contribution in [0.1, 0.15) is 24.0 Å². The molecule has 48 heavy (non-hydrogen) atoms. The Bertz CT molecular complexity index is 1580. The van der Waals surface area contributed by atoms with Crippen LogP contribution >= 0.6 is 0 Å².